The van der Waals surface area contributed by atoms with Gasteiger partial charge in [0.25, 0.3) is 22.9 Å². The molecule has 1 N–H and O–H groups in total. The van der Waals surface area contributed by atoms with E-state index in [0.29, 0.717) is 52.2 Å². The Morgan fingerprint density at radius 1 is 0.590 bits per heavy atom. The first-order chi connectivity index (χ1) is 29.5. The van der Waals surface area contributed by atoms with Crippen molar-refractivity contribution in [3.05, 3.63) is 187 Å². The van der Waals surface area contributed by atoms with Crippen molar-refractivity contribution in [2.45, 2.75) is 24.9 Å². The van der Waals surface area contributed by atoms with E-state index in [1.165, 1.54) is 53.7 Å². The molecular formula is C45H36N6O10. The highest BCUT2D eigenvalue weighted by atomic mass is 16.5. The third kappa shape index (κ3) is 8.34. The van der Waals surface area contributed by atoms with E-state index < -0.39 is 46.4 Å². The summed E-state index contributed by atoms with van der Waals surface area (Å²) in [6.45, 7) is 0.892. The number of rotatable bonds is 8. The Morgan fingerprint density at radius 3 is 1.41 bits per heavy atom. The topological polar surface area (TPSA) is 192 Å². The van der Waals surface area contributed by atoms with Crippen molar-refractivity contribution in [3.63, 3.8) is 0 Å². The number of phenols is 1. The van der Waals surface area contributed by atoms with Gasteiger partial charge in [-0.15, -0.1) is 6.42 Å². The normalized spacial score (nSPS) is 15.8. The average molecular weight is 821 g/mol. The van der Waals surface area contributed by atoms with Gasteiger partial charge in [0.1, 0.15) is 30.2 Å². The first kappa shape index (κ1) is 40.9. The van der Waals surface area contributed by atoms with E-state index in [9.17, 15) is 43.5 Å². The zero-order valence-corrected chi connectivity index (χ0v) is 32.3. The molecule has 2 amide bonds. The van der Waals surface area contributed by atoms with E-state index in [-0.39, 0.29) is 35.3 Å². The van der Waals surface area contributed by atoms with Crippen LogP contribution in [0.2, 0.25) is 0 Å². The fourth-order valence-corrected chi connectivity index (χ4v) is 7.09. The summed E-state index contributed by atoms with van der Waals surface area (Å²) in [6, 6.07) is 29.7. The maximum Gasteiger partial charge on any atom is 0.338 e. The molecule has 2 unspecified atom stereocenters. The quantitative estimate of drug-likeness (QED) is 0.223. The molecule has 2 aliphatic heterocycles. The number of ether oxygens (including phenoxy) is 1. The van der Waals surface area contributed by atoms with E-state index >= 15 is 0 Å². The van der Waals surface area contributed by atoms with E-state index in [0.717, 1.165) is 21.3 Å². The van der Waals surface area contributed by atoms with E-state index in [2.05, 4.69) is 5.92 Å². The van der Waals surface area contributed by atoms with Gasteiger partial charge in [-0.2, -0.15) is 9.13 Å². The van der Waals surface area contributed by atoms with Crippen LogP contribution in [0, 0.1) is 12.3 Å². The number of aromatic hydroxyl groups is 1. The lowest BCUT2D eigenvalue weighted by Crippen LogP contribution is -2.45. The monoisotopic (exact) mass is 820 g/mol. The summed E-state index contributed by atoms with van der Waals surface area (Å²) in [5, 5.41) is 9.42. The van der Waals surface area contributed by atoms with E-state index in [4.69, 9.17) is 11.2 Å². The fourth-order valence-electron chi connectivity index (χ4n) is 7.09. The molecule has 2 aromatic heterocycles. The van der Waals surface area contributed by atoms with Gasteiger partial charge >= 0.3 is 11.4 Å². The Bertz CT molecular complexity index is 2910. The third-order valence-corrected chi connectivity index (χ3v) is 10.1. The number of phenolic OH excluding ortho intramolecular Hbond substituents is 1. The molecule has 2 saturated heterocycles. The molecule has 0 radical (unpaired) electrons. The van der Waals surface area contributed by atoms with Crippen LogP contribution in [0.3, 0.4) is 0 Å². The van der Waals surface area contributed by atoms with Crippen LogP contribution in [-0.4, -0.2) is 66.7 Å². The van der Waals surface area contributed by atoms with Crippen LogP contribution in [0.4, 0.5) is 11.4 Å². The average Bonchev–Trinajstić information content (AvgIpc) is 3.85. The summed E-state index contributed by atoms with van der Waals surface area (Å²) in [4.78, 5) is 105. The second-order valence-corrected chi connectivity index (χ2v) is 13.8. The van der Waals surface area contributed by atoms with Gasteiger partial charge in [0.15, 0.2) is 0 Å². The van der Waals surface area contributed by atoms with Crippen LogP contribution in [-0.2, 0) is 9.59 Å². The van der Waals surface area contributed by atoms with Gasteiger partial charge in [-0.3, -0.25) is 37.9 Å². The van der Waals surface area contributed by atoms with Crippen LogP contribution in [0.15, 0.2) is 153 Å². The molecular weight excluding hydrogens is 785 g/mol. The molecule has 306 valence electrons. The predicted octanol–water partition coefficient (Wildman–Crippen LogP) is 3.07. The lowest BCUT2D eigenvalue weighted by molar-refractivity contribution is -0.120. The van der Waals surface area contributed by atoms with Gasteiger partial charge in [-0.1, -0.05) is 42.3 Å². The van der Waals surface area contributed by atoms with Gasteiger partial charge in [-0.25, -0.2) is 9.59 Å². The number of amides is 2. The Morgan fingerprint density at radius 2 is 1.00 bits per heavy atom. The number of hydrogen-bond donors (Lipinski definition) is 1. The smallest absolute Gasteiger partial charge is 0.338 e. The lowest BCUT2D eigenvalue weighted by atomic mass is 10.2. The molecule has 4 heterocycles. The molecule has 0 saturated carbocycles. The Balaban J connectivity index is 0.000000185. The Labute approximate surface area is 346 Å². The van der Waals surface area contributed by atoms with Gasteiger partial charge in [0.05, 0.1) is 0 Å². The molecule has 6 aromatic rings. The van der Waals surface area contributed by atoms with Crippen molar-refractivity contribution in [2.24, 2.45) is 0 Å². The molecule has 16 heteroatoms. The zero-order valence-electron chi connectivity index (χ0n) is 32.3. The van der Waals surface area contributed by atoms with Crippen molar-refractivity contribution >= 4 is 35.0 Å². The summed E-state index contributed by atoms with van der Waals surface area (Å²) in [7, 11) is 0. The number of carbonyl (C=O) groups is 4. The molecule has 2 fully saturated rings. The molecule has 0 bridgehead atoms. The molecule has 4 aromatic carbocycles. The standard InChI is InChI=1S/C24H19N3O5.C21H17N3O5/c1-2-16-32-19-10-8-18(9-11-19)25-14-12-20(23(25)30)26-15-13-21(28)27(24(26)31)22(29)17-6-4-3-5-7-17;25-16-8-6-15(7-9-16)22-12-10-17(20(22)28)23-13-11-18(26)24(21(23)29)19(27)14-4-2-1-3-5-14/h1,3-11,13,15,20H,12,14,16H2;1-9,11,13,17,25H,10,12H2. The highest BCUT2D eigenvalue weighted by molar-refractivity contribution is 6.00. The highest BCUT2D eigenvalue weighted by Crippen LogP contribution is 2.30. The minimum absolute atomic E-state index is 0.0830. The van der Waals surface area contributed by atoms with Crippen LogP contribution in [0.5, 0.6) is 11.5 Å². The second kappa shape index (κ2) is 17.7. The van der Waals surface area contributed by atoms with Crippen LogP contribution < -0.4 is 37.0 Å². The fraction of sp³-hybridized carbons (Fsp3) is 0.156. The predicted molar refractivity (Wildman–Crippen MR) is 223 cm³/mol. The summed E-state index contributed by atoms with van der Waals surface area (Å²) in [5.41, 5.74) is -1.54. The minimum atomic E-state index is -0.850. The van der Waals surface area contributed by atoms with E-state index in [1.807, 2.05) is 0 Å². The number of terminal acetylenes is 1. The summed E-state index contributed by atoms with van der Waals surface area (Å²) in [5.74, 6) is 0.942. The summed E-state index contributed by atoms with van der Waals surface area (Å²) >= 11 is 0. The maximum absolute atomic E-state index is 13.1. The molecule has 0 spiro atoms. The molecule has 2 atom stereocenters. The minimum Gasteiger partial charge on any atom is -0.508 e. The van der Waals surface area contributed by atoms with Gasteiger partial charge in [0.2, 0.25) is 11.8 Å². The molecule has 61 heavy (non-hydrogen) atoms. The van der Waals surface area contributed by atoms with Crippen molar-refractivity contribution in [2.75, 3.05) is 29.5 Å². The Kier molecular flexibility index (Phi) is 11.8. The van der Waals surface area contributed by atoms with Crippen LogP contribution >= 0.6 is 0 Å². The number of aromatic nitrogens is 4. The zero-order chi connectivity index (χ0) is 43.2. The molecule has 8 rings (SSSR count). The van der Waals surface area contributed by atoms with Gasteiger partial charge in [-0.05, 0) is 85.6 Å². The van der Waals surface area contributed by atoms with Crippen molar-refractivity contribution in [1.82, 2.24) is 18.3 Å². The molecule has 2 aliphatic rings. The number of anilines is 2. The number of nitrogens with zero attached hydrogens (tertiary/aromatic N) is 6. The maximum atomic E-state index is 13.1. The summed E-state index contributed by atoms with van der Waals surface area (Å²) < 4.78 is 8.72. The van der Waals surface area contributed by atoms with Crippen molar-refractivity contribution in [3.8, 4) is 23.8 Å². The van der Waals surface area contributed by atoms with Crippen LogP contribution in [0.25, 0.3) is 0 Å². The lowest BCUT2D eigenvalue weighted by Gasteiger charge is -2.18. The number of benzene rings is 4. The van der Waals surface area contributed by atoms with Crippen molar-refractivity contribution in [1.29, 1.82) is 0 Å². The first-order valence-electron chi connectivity index (χ1n) is 18.9. The largest absolute Gasteiger partial charge is 0.508 e. The van der Waals surface area contributed by atoms with Gasteiger partial charge < -0.3 is 19.6 Å². The summed E-state index contributed by atoms with van der Waals surface area (Å²) in [6.07, 6.45) is 8.40. The number of carbonyl (C=O) groups excluding carboxylic acids is 4. The van der Waals surface area contributed by atoms with E-state index in [1.54, 1.807) is 77.7 Å². The molecule has 16 nitrogen and oxygen atoms in total. The SMILES string of the molecule is C#CCOc1ccc(N2CCC(n3ccc(=O)n(C(=O)c4ccccc4)c3=O)C2=O)cc1.O=C1C(n2ccc(=O)n(C(=O)c3ccccc3)c2=O)CCN1c1ccc(O)cc1. The molecule has 0 aliphatic carbocycles. The first-order valence-corrected chi connectivity index (χ1v) is 18.9. The van der Waals surface area contributed by atoms with Crippen molar-refractivity contribution < 1.29 is 29.0 Å². The second-order valence-electron chi connectivity index (χ2n) is 13.8. The number of hydrogen-bond acceptors (Lipinski definition) is 10. The Hall–Kier alpha value is -8.32. The third-order valence-electron chi connectivity index (χ3n) is 10.1. The highest BCUT2D eigenvalue weighted by Gasteiger charge is 2.36. The van der Waals surface area contributed by atoms with Crippen LogP contribution in [0.1, 0.15) is 45.6 Å². The van der Waals surface area contributed by atoms with Gasteiger partial charge in [0, 0.05) is 60.1 Å².